The number of hydrogen-bond acceptors (Lipinski definition) is 2. The van der Waals surface area contributed by atoms with E-state index in [1.807, 2.05) is 6.07 Å². The van der Waals surface area contributed by atoms with Gasteiger partial charge in [0.1, 0.15) is 12.6 Å². The van der Waals surface area contributed by atoms with Crippen LogP contribution in [0.5, 0.6) is 0 Å². The number of aryl methyl sites for hydroxylation is 1. The summed E-state index contributed by atoms with van der Waals surface area (Å²) in [6.45, 7) is 0.706. The van der Waals surface area contributed by atoms with Crippen LogP contribution in [-0.2, 0) is 0 Å². The Morgan fingerprint density at radius 2 is 2.00 bits per heavy atom. The minimum absolute atomic E-state index is 0.248. The number of benzene rings is 1. The molecule has 16 heavy (non-hydrogen) atoms. The van der Waals surface area contributed by atoms with Crippen LogP contribution in [0.3, 0.4) is 0 Å². The van der Waals surface area contributed by atoms with Crippen LogP contribution >= 0.6 is 0 Å². The first-order valence-electron chi connectivity index (χ1n) is 4.62. The molecule has 0 N–H and O–H groups in total. The lowest BCUT2D eigenvalue weighted by molar-refractivity contribution is -0.119. The lowest BCUT2D eigenvalue weighted by Crippen LogP contribution is -2.31. The Labute approximate surface area is 91.9 Å². The Morgan fingerprint density at radius 1 is 1.38 bits per heavy atom. The Kier molecular flexibility index (Phi) is 3.43. The number of rotatable bonds is 2. The van der Waals surface area contributed by atoms with Crippen molar-refractivity contribution in [2.45, 2.75) is 13.1 Å². The molecule has 0 radical (unpaired) electrons. The van der Waals surface area contributed by atoms with Crippen LogP contribution in [0.15, 0.2) is 18.2 Å². The zero-order valence-corrected chi connectivity index (χ0v) is 8.97. The standard InChI is InChI=1S/C11H11F3N2/c1-8-3-4-9(6-15)10(5-8)16(2)7-11(12,13)14/h3-5H,7H2,1-2H3. The van der Waals surface area contributed by atoms with E-state index in [9.17, 15) is 13.2 Å². The third kappa shape index (κ3) is 3.16. The number of hydrogen-bond donors (Lipinski definition) is 0. The maximum absolute atomic E-state index is 12.2. The Hall–Kier alpha value is -1.70. The van der Waals surface area contributed by atoms with E-state index in [1.165, 1.54) is 13.1 Å². The van der Waals surface area contributed by atoms with Crippen molar-refractivity contribution >= 4 is 5.69 Å². The molecule has 1 aromatic rings. The van der Waals surface area contributed by atoms with Gasteiger partial charge in [-0.15, -0.1) is 0 Å². The highest BCUT2D eigenvalue weighted by Gasteiger charge is 2.30. The Morgan fingerprint density at radius 3 is 2.50 bits per heavy atom. The molecule has 0 aliphatic heterocycles. The van der Waals surface area contributed by atoms with E-state index in [0.29, 0.717) is 5.69 Å². The van der Waals surface area contributed by atoms with Crippen LogP contribution in [0, 0.1) is 18.3 Å². The van der Waals surface area contributed by atoms with Crippen LogP contribution in [-0.4, -0.2) is 19.8 Å². The summed E-state index contributed by atoms with van der Waals surface area (Å²) in [6.07, 6.45) is -4.27. The van der Waals surface area contributed by atoms with Crippen molar-refractivity contribution in [3.05, 3.63) is 29.3 Å². The van der Waals surface area contributed by atoms with Crippen LogP contribution in [0.2, 0.25) is 0 Å². The molecular weight excluding hydrogens is 217 g/mol. The molecule has 0 aliphatic rings. The molecule has 0 fully saturated rings. The first-order valence-corrected chi connectivity index (χ1v) is 4.62. The molecular formula is C11H11F3N2. The number of nitriles is 1. The molecule has 5 heteroatoms. The smallest absolute Gasteiger partial charge is 0.365 e. The zero-order chi connectivity index (χ0) is 12.3. The number of halogens is 3. The van der Waals surface area contributed by atoms with E-state index < -0.39 is 12.7 Å². The second-order valence-corrected chi connectivity index (χ2v) is 3.60. The lowest BCUT2D eigenvalue weighted by atomic mass is 10.1. The number of anilines is 1. The Balaban J connectivity index is 3.03. The van der Waals surface area contributed by atoms with Gasteiger partial charge in [0, 0.05) is 7.05 Å². The van der Waals surface area contributed by atoms with Crippen LogP contribution in [0.4, 0.5) is 18.9 Å². The highest BCUT2D eigenvalue weighted by atomic mass is 19.4. The summed E-state index contributed by atoms with van der Waals surface area (Å²) in [5.74, 6) is 0. The molecule has 86 valence electrons. The monoisotopic (exact) mass is 228 g/mol. The molecule has 2 nitrogen and oxygen atoms in total. The number of alkyl halides is 3. The van der Waals surface area contributed by atoms with Gasteiger partial charge in [0.25, 0.3) is 0 Å². The lowest BCUT2D eigenvalue weighted by Gasteiger charge is -2.22. The quantitative estimate of drug-likeness (QED) is 0.778. The molecule has 0 saturated heterocycles. The van der Waals surface area contributed by atoms with Crippen molar-refractivity contribution in [2.75, 3.05) is 18.5 Å². The third-order valence-electron chi connectivity index (χ3n) is 2.10. The first-order chi connectivity index (χ1) is 7.33. The van der Waals surface area contributed by atoms with Gasteiger partial charge in [-0.25, -0.2) is 0 Å². The Bertz CT molecular complexity index is 418. The largest absolute Gasteiger partial charge is 0.405 e. The first kappa shape index (κ1) is 12.4. The van der Waals surface area contributed by atoms with Crippen LogP contribution in [0.25, 0.3) is 0 Å². The summed E-state index contributed by atoms with van der Waals surface area (Å²) in [4.78, 5) is 1.03. The van der Waals surface area contributed by atoms with Crippen molar-refractivity contribution in [3.63, 3.8) is 0 Å². The third-order valence-corrected chi connectivity index (χ3v) is 2.10. The van der Waals surface area contributed by atoms with Gasteiger partial charge < -0.3 is 4.90 Å². The average Bonchev–Trinajstić information content (AvgIpc) is 2.15. The molecule has 0 saturated carbocycles. The van der Waals surface area contributed by atoms with E-state index in [0.717, 1.165) is 10.5 Å². The van der Waals surface area contributed by atoms with E-state index in [4.69, 9.17) is 5.26 Å². The zero-order valence-electron chi connectivity index (χ0n) is 8.97. The molecule has 0 aromatic heterocycles. The van der Waals surface area contributed by atoms with Crippen molar-refractivity contribution in [1.29, 1.82) is 5.26 Å². The molecule has 0 heterocycles. The fraction of sp³-hybridized carbons (Fsp3) is 0.364. The van der Waals surface area contributed by atoms with Crippen LogP contribution in [0.1, 0.15) is 11.1 Å². The summed E-state index contributed by atoms with van der Waals surface area (Å²) in [6, 6.07) is 6.68. The van der Waals surface area contributed by atoms with Crippen molar-refractivity contribution in [1.82, 2.24) is 0 Å². The molecule has 1 rings (SSSR count). The molecule has 0 amide bonds. The molecule has 0 unspecified atom stereocenters. The fourth-order valence-corrected chi connectivity index (χ4v) is 1.41. The maximum atomic E-state index is 12.2. The van der Waals surface area contributed by atoms with Gasteiger partial charge in [0.2, 0.25) is 0 Å². The van der Waals surface area contributed by atoms with E-state index in [-0.39, 0.29) is 5.56 Å². The predicted molar refractivity (Wildman–Crippen MR) is 55.2 cm³/mol. The summed E-state index contributed by atoms with van der Waals surface area (Å²) in [7, 11) is 1.32. The highest BCUT2D eigenvalue weighted by molar-refractivity contribution is 5.60. The summed E-state index contributed by atoms with van der Waals surface area (Å²) < 4.78 is 36.6. The summed E-state index contributed by atoms with van der Waals surface area (Å²) in [5, 5.41) is 8.80. The number of nitrogens with zero attached hydrogens (tertiary/aromatic N) is 2. The van der Waals surface area contributed by atoms with Gasteiger partial charge in [-0.1, -0.05) is 6.07 Å². The van der Waals surface area contributed by atoms with Crippen molar-refractivity contribution in [3.8, 4) is 6.07 Å². The molecule has 1 aromatic carbocycles. The van der Waals surface area contributed by atoms with Gasteiger partial charge in [-0.3, -0.25) is 0 Å². The van der Waals surface area contributed by atoms with Gasteiger partial charge in [-0.2, -0.15) is 18.4 Å². The molecule has 0 spiro atoms. The minimum atomic E-state index is -4.27. The normalized spacial score (nSPS) is 11.0. The van der Waals surface area contributed by atoms with Gasteiger partial charge >= 0.3 is 6.18 Å². The SMILES string of the molecule is Cc1ccc(C#N)c(N(C)CC(F)(F)F)c1. The summed E-state index contributed by atoms with van der Waals surface area (Å²) in [5.41, 5.74) is 1.38. The second kappa shape index (κ2) is 4.44. The van der Waals surface area contributed by atoms with Crippen LogP contribution < -0.4 is 4.90 Å². The summed E-state index contributed by atoms with van der Waals surface area (Å²) >= 11 is 0. The average molecular weight is 228 g/mol. The second-order valence-electron chi connectivity index (χ2n) is 3.60. The topological polar surface area (TPSA) is 27.0 Å². The van der Waals surface area contributed by atoms with E-state index in [1.54, 1.807) is 19.1 Å². The molecule has 0 aliphatic carbocycles. The molecule has 0 atom stereocenters. The predicted octanol–water partition coefficient (Wildman–Crippen LogP) is 2.87. The highest BCUT2D eigenvalue weighted by Crippen LogP contribution is 2.24. The molecule has 0 bridgehead atoms. The fourth-order valence-electron chi connectivity index (χ4n) is 1.41. The maximum Gasteiger partial charge on any atom is 0.405 e. The van der Waals surface area contributed by atoms with Gasteiger partial charge in [0.05, 0.1) is 11.3 Å². The van der Waals surface area contributed by atoms with Gasteiger partial charge in [-0.05, 0) is 24.6 Å². The van der Waals surface area contributed by atoms with E-state index >= 15 is 0 Å². The minimum Gasteiger partial charge on any atom is -0.365 e. The van der Waals surface area contributed by atoms with Crippen molar-refractivity contribution in [2.24, 2.45) is 0 Å². The van der Waals surface area contributed by atoms with Crippen molar-refractivity contribution < 1.29 is 13.2 Å². The van der Waals surface area contributed by atoms with Gasteiger partial charge in [0.15, 0.2) is 0 Å². The van der Waals surface area contributed by atoms with E-state index in [2.05, 4.69) is 0 Å².